The standard InChI is InChI=1S/C11H7BrClFO2/c12-8-3-4-16-11(8)10(15)7-2-1-6(13)5-9(7)14/h1-5,10,15H. The molecule has 1 aromatic carbocycles. The molecule has 0 radical (unpaired) electrons. The van der Waals surface area contributed by atoms with Gasteiger partial charge in [0.15, 0.2) is 5.76 Å². The summed E-state index contributed by atoms with van der Waals surface area (Å²) in [6.45, 7) is 0. The van der Waals surface area contributed by atoms with Gasteiger partial charge in [0.25, 0.3) is 0 Å². The Bertz CT molecular complexity index is 512. The molecule has 1 atom stereocenters. The van der Waals surface area contributed by atoms with Gasteiger partial charge in [-0.3, -0.25) is 0 Å². The molecule has 1 aromatic heterocycles. The fourth-order valence-electron chi connectivity index (χ4n) is 1.37. The number of halogens is 3. The van der Waals surface area contributed by atoms with Gasteiger partial charge in [-0.1, -0.05) is 17.7 Å². The number of benzene rings is 1. The Morgan fingerprint density at radius 3 is 2.69 bits per heavy atom. The van der Waals surface area contributed by atoms with E-state index in [1.165, 1.54) is 18.4 Å². The Kier molecular flexibility index (Phi) is 3.33. The summed E-state index contributed by atoms with van der Waals surface area (Å²) in [5.41, 5.74) is 0.125. The van der Waals surface area contributed by atoms with Crippen molar-refractivity contribution in [3.05, 3.63) is 57.2 Å². The lowest BCUT2D eigenvalue weighted by atomic mass is 10.1. The van der Waals surface area contributed by atoms with Crippen molar-refractivity contribution in [1.82, 2.24) is 0 Å². The van der Waals surface area contributed by atoms with Crippen LogP contribution < -0.4 is 0 Å². The summed E-state index contributed by atoms with van der Waals surface area (Å²) in [5, 5.41) is 10.2. The van der Waals surface area contributed by atoms with E-state index < -0.39 is 11.9 Å². The molecule has 0 aliphatic carbocycles. The molecule has 0 saturated heterocycles. The van der Waals surface area contributed by atoms with Crippen LogP contribution in [0, 0.1) is 5.82 Å². The zero-order valence-corrected chi connectivity index (χ0v) is 10.3. The van der Waals surface area contributed by atoms with Gasteiger partial charge < -0.3 is 9.52 Å². The molecule has 2 nitrogen and oxygen atoms in total. The van der Waals surface area contributed by atoms with Crippen LogP contribution in [-0.2, 0) is 0 Å². The van der Waals surface area contributed by atoms with Crippen LogP contribution >= 0.6 is 27.5 Å². The highest BCUT2D eigenvalue weighted by Crippen LogP contribution is 2.31. The highest BCUT2D eigenvalue weighted by molar-refractivity contribution is 9.10. The Morgan fingerprint density at radius 1 is 1.38 bits per heavy atom. The number of rotatable bonds is 2. The summed E-state index contributed by atoms with van der Waals surface area (Å²) in [6, 6.07) is 5.72. The van der Waals surface area contributed by atoms with Crippen LogP contribution in [0.5, 0.6) is 0 Å². The van der Waals surface area contributed by atoms with Gasteiger partial charge in [0.2, 0.25) is 0 Å². The molecule has 1 heterocycles. The van der Waals surface area contributed by atoms with Gasteiger partial charge in [-0.05, 0) is 34.1 Å². The molecular formula is C11H7BrClFO2. The predicted molar refractivity (Wildman–Crippen MR) is 61.9 cm³/mol. The number of aliphatic hydroxyl groups is 1. The first-order chi connectivity index (χ1) is 7.59. The largest absolute Gasteiger partial charge is 0.465 e. The third-order valence-electron chi connectivity index (χ3n) is 2.15. The molecule has 0 amide bonds. The van der Waals surface area contributed by atoms with E-state index >= 15 is 0 Å². The van der Waals surface area contributed by atoms with E-state index in [1.54, 1.807) is 6.07 Å². The van der Waals surface area contributed by atoms with Crippen molar-refractivity contribution in [1.29, 1.82) is 0 Å². The van der Waals surface area contributed by atoms with Gasteiger partial charge >= 0.3 is 0 Å². The maximum absolute atomic E-state index is 13.5. The lowest BCUT2D eigenvalue weighted by Gasteiger charge is -2.10. The zero-order valence-electron chi connectivity index (χ0n) is 7.95. The van der Waals surface area contributed by atoms with Crippen LogP contribution in [0.2, 0.25) is 5.02 Å². The molecule has 5 heteroatoms. The summed E-state index contributed by atoms with van der Waals surface area (Å²) in [6.07, 6.45) is 0.262. The van der Waals surface area contributed by atoms with Crippen LogP contribution in [0.15, 0.2) is 39.4 Å². The molecule has 0 fully saturated rings. The lowest BCUT2D eigenvalue weighted by Crippen LogP contribution is -2.01. The zero-order chi connectivity index (χ0) is 11.7. The van der Waals surface area contributed by atoms with E-state index in [2.05, 4.69) is 15.9 Å². The SMILES string of the molecule is OC(c1ccc(Cl)cc1F)c1occc1Br. The predicted octanol–water partition coefficient (Wildman–Crippen LogP) is 3.92. The number of aliphatic hydroxyl groups excluding tert-OH is 1. The van der Waals surface area contributed by atoms with Crippen LogP contribution in [0.3, 0.4) is 0 Å². The molecule has 84 valence electrons. The van der Waals surface area contributed by atoms with Crippen molar-refractivity contribution in [3.8, 4) is 0 Å². The highest BCUT2D eigenvalue weighted by atomic mass is 79.9. The molecule has 0 saturated carbocycles. The molecule has 2 rings (SSSR count). The average molecular weight is 306 g/mol. The molecule has 0 aliphatic rings. The first-order valence-corrected chi connectivity index (χ1v) is 5.62. The van der Waals surface area contributed by atoms with Crippen molar-refractivity contribution in [2.45, 2.75) is 6.10 Å². The highest BCUT2D eigenvalue weighted by Gasteiger charge is 2.20. The van der Waals surface area contributed by atoms with Crippen molar-refractivity contribution in [2.24, 2.45) is 0 Å². The van der Waals surface area contributed by atoms with Gasteiger partial charge in [-0.25, -0.2) is 4.39 Å². The topological polar surface area (TPSA) is 33.4 Å². The number of furan rings is 1. The van der Waals surface area contributed by atoms with Gasteiger partial charge in [0.05, 0.1) is 10.7 Å². The Labute approximate surface area is 105 Å². The number of hydrogen-bond acceptors (Lipinski definition) is 2. The molecular weight excluding hydrogens is 298 g/mol. The van der Waals surface area contributed by atoms with Crippen molar-refractivity contribution >= 4 is 27.5 Å². The fraction of sp³-hybridized carbons (Fsp3) is 0.0909. The minimum Gasteiger partial charge on any atom is -0.465 e. The molecule has 2 aromatic rings. The van der Waals surface area contributed by atoms with E-state index in [9.17, 15) is 9.50 Å². The Balaban J connectivity index is 2.41. The van der Waals surface area contributed by atoms with Gasteiger partial charge in [0.1, 0.15) is 11.9 Å². The minimum absolute atomic E-state index is 0.125. The molecule has 16 heavy (non-hydrogen) atoms. The van der Waals surface area contributed by atoms with Crippen LogP contribution in [0.4, 0.5) is 4.39 Å². The smallest absolute Gasteiger partial charge is 0.151 e. The van der Waals surface area contributed by atoms with Crippen molar-refractivity contribution in [3.63, 3.8) is 0 Å². The van der Waals surface area contributed by atoms with E-state index in [1.807, 2.05) is 0 Å². The quantitative estimate of drug-likeness (QED) is 0.912. The second-order valence-electron chi connectivity index (χ2n) is 3.20. The van der Waals surface area contributed by atoms with Crippen LogP contribution in [-0.4, -0.2) is 5.11 Å². The second-order valence-corrected chi connectivity index (χ2v) is 4.49. The van der Waals surface area contributed by atoms with Crippen LogP contribution in [0.25, 0.3) is 0 Å². The third-order valence-corrected chi connectivity index (χ3v) is 3.04. The van der Waals surface area contributed by atoms with Crippen LogP contribution in [0.1, 0.15) is 17.4 Å². The first kappa shape index (κ1) is 11.6. The van der Waals surface area contributed by atoms with Gasteiger partial charge in [0, 0.05) is 10.6 Å². The van der Waals surface area contributed by atoms with E-state index in [-0.39, 0.29) is 16.3 Å². The maximum Gasteiger partial charge on any atom is 0.151 e. The Hall–Kier alpha value is -0.840. The van der Waals surface area contributed by atoms with E-state index in [0.717, 1.165) is 6.07 Å². The summed E-state index contributed by atoms with van der Waals surface area (Å²) in [7, 11) is 0. The Morgan fingerprint density at radius 2 is 2.12 bits per heavy atom. The normalized spacial score (nSPS) is 12.8. The van der Waals surface area contributed by atoms with Gasteiger partial charge in [-0.15, -0.1) is 0 Å². The van der Waals surface area contributed by atoms with E-state index in [4.69, 9.17) is 16.0 Å². The van der Waals surface area contributed by atoms with Crippen molar-refractivity contribution < 1.29 is 13.9 Å². The lowest BCUT2D eigenvalue weighted by molar-refractivity contribution is 0.183. The number of hydrogen-bond donors (Lipinski definition) is 1. The molecule has 0 aliphatic heterocycles. The fourth-order valence-corrected chi connectivity index (χ4v) is 1.94. The monoisotopic (exact) mass is 304 g/mol. The first-order valence-electron chi connectivity index (χ1n) is 4.45. The second kappa shape index (κ2) is 4.57. The molecule has 1 N–H and O–H groups in total. The summed E-state index contributed by atoms with van der Waals surface area (Å²) < 4.78 is 19.2. The molecule has 0 bridgehead atoms. The summed E-state index contributed by atoms with van der Waals surface area (Å²) >= 11 is 8.82. The molecule has 1 unspecified atom stereocenters. The average Bonchev–Trinajstić information content (AvgIpc) is 2.63. The van der Waals surface area contributed by atoms with E-state index in [0.29, 0.717) is 4.47 Å². The summed E-state index contributed by atoms with van der Waals surface area (Å²) in [4.78, 5) is 0. The van der Waals surface area contributed by atoms with Crippen molar-refractivity contribution in [2.75, 3.05) is 0 Å². The third kappa shape index (κ3) is 2.14. The molecule has 0 spiro atoms. The summed E-state index contributed by atoms with van der Waals surface area (Å²) in [5.74, 6) is -0.301. The maximum atomic E-state index is 13.5. The van der Waals surface area contributed by atoms with Gasteiger partial charge in [-0.2, -0.15) is 0 Å². The minimum atomic E-state index is -1.15.